The third kappa shape index (κ3) is 5.05. The lowest BCUT2D eigenvalue weighted by Gasteiger charge is -2.21. The molecule has 0 fully saturated rings. The van der Waals surface area contributed by atoms with Crippen molar-refractivity contribution in [3.63, 3.8) is 0 Å². The van der Waals surface area contributed by atoms with Crippen LogP contribution >= 0.6 is 11.6 Å². The minimum atomic E-state index is 0.185. The van der Waals surface area contributed by atoms with Gasteiger partial charge in [0.2, 0.25) is 0 Å². The average Bonchev–Trinajstić information content (AvgIpc) is 2.81. The van der Waals surface area contributed by atoms with Crippen LogP contribution < -0.4 is 5.32 Å². The lowest BCUT2D eigenvalue weighted by Crippen LogP contribution is -2.26. The van der Waals surface area contributed by atoms with Gasteiger partial charge in [0.1, 0.15) is 0 Å². The second-order valence-corrected chi connectivity index (χ2v) is 5.23. The van der Waals surface area contributed by atoms with Crippen LogP contribution in [0.2, 0.25) is 5.02 Å². The summed E-state index contributed by atoms with van der Waals surface area (Å²) in [6.45, 7) is 6.39. The lowest BCUT2D eigenvalue weighted by molar-refractivity contribution is 0.105. The van der Waals surface area contributed by atoms with Crippen molar-refractivity contribution in [1.29, 1.82) is 0 Å². The van der Waals surface area contributed by atoms with E-state index in [4.69, 9.17) is 21.1 Å². The summed E-state index contributed by atoms with van der Waals surface area (Å²) in [5.41, 5.74) is 1.04. The van der Waals surface area contributed by atoms with E-state index in [-0.39, 0.29) is 12.1 Å². The van der Waals surface area contributed by atoms with Gasteiger partial charge in [-0.2, -0.15) is 5.10 Å². The maximum atomic E-state index is 6.31. The van der Waals surface area contributed by atoms with Crippen molar-refractivity contribution in [2.75, 3.05) is 27.4 Å². The fourth-order valence-electron chi connectivity index (χ4n) is 2.18. The molecule has 0 amide bonds. The summed E-state index contributed by atoms with van der Waals surface area (Å²) in [4.78, 5) is 0. The van der Waals surface area contributed by atoms with Crippen LogP contribution in [0.25, 0.3) is 0 Å². The summed E-state index contributed by atoms with van der Waals surface area (Å²) in [5.74, 6) is 0. The molecule has 6 heteroatoms. The Morgan fingerprint density at radius 2 is 2.15 bits per heavy atom. The summed E-state index contributed by atoms with van der Waals surface area (Å²) in [7, 11) is 3.43. The van der Waals surface area contributed by atoms with Crippen LogP contribution in [0.4, 0.5) is 0 Å². The molecular weight excluding hydrogens is 278 g/mol. The molecule has 1 heterocycles. The highest BCUT2D eigenvalue weighted by atomic mass is 35.5. The van der Waals surface area contributed by atoms with Gasteiger partial charge in [-0.1, -0.05) is 18.5 Å². The van der Waals surface area contributed by atoms with E-state index < -0.39 is 0 Å². The summed E-state index contributed by atoms with van der Waals surface area (Å²) in [6.07, 6.45) is 3.88. The minimum Gasteiger partial charge on any atom is -0.383 e. The number of hydrogen-bond acceptors (Lipinski definition) is 4. The Balaban J connectivity index is 2.81. The predicted molar refractivity (Wildman–Crippen MR) is 81.2 cm³/mol. The van der Waals surface area contributed by atoms with Gasteiger partial charge in [-0.25, -0.2) is 0 Å². The van der Waals surface area contributed by atoms with E-state index >= 15 is 0 Å². The molecule has 1 aromatic rings. The lowest BCUT2D eigenvalue weighted by atomic mass is 10.1. The molecule has 0 saturated carbocycles. The van der Waals surface area contributed by atoms with E-state index in [0.29, 0.717) is 18.2 Å². The molecule has 1 rings (SSSR count). The molecule has 1 aromatic heterocycles. The number of aromatic nitrogens is 2. The van der Waals surface area contributed by atoms with Gasteiger partial charge in [-0.15, -0.1) is 0 Å². The van der Waals surface area contributed by atoms with Crippen LogP contribution in [0.3, 0.4) is 0 Å². The van der Waals surface area contributed by atoms with Crippen LogP contribution in [0.5, 0.6) is 0 Å². The molecule has 2 unspecified atom stereocenters. The highest BCUT2D eigenvalue weighted by molar-refractivity contribution is 6.31. The number of nitrogens with one attached hydrogen (secondary N) is 1. The second kappa shape index (κ2) is 9.34. The third-order valence-corrected chi connectivity index (χ3v) is 3.68. The van der Waals surface area contributed by atoms with Gasteiger partial charge in [-0.05, 0) is 26.3 Å². The molecule has 2 atom stereocenters. The molecular formula is C14H26ClN3O2. The van der Waals surface area contributed by atoms with Crippen molar-refractivity contribution in [2.24, 2.45) is 0 Å². The van der Waals surface area contributed by atoms with Gasteiger partial charge in [0.15, 0.2) is 0 Å². The highest BCUT2D eigenvalue weighted by Crippen LogP contribution is 2.27. The molecule has 0 aromatic carbocycles. The van der Waals surface area contributed by atoms with Crippen molar-refractivity contribution in [2.45, 2.75) is 45.4 Å². The quantitative estimate of drug-likeness (QED) is 0.722. The van der Waals surface area contributed by atoms with Crippen molar-refractivity contribution in [3.05, 3.63) is 16.9 Å². The van der Waals surface area contributed by atoms with E-state index in [1.807, 2.05) is 4.68 Å². The third-order valence-electron chi connectivity index (χ3n) is 3.39. The zero-order valence-electron chi connectivity index (χ0n) is 12.9. The van der Waals surface area contributed by atoms with Crippen molar-refractivity contribution < 1.29 is 9.47 Å². The van der Waals surface area contributed by atoms with E-state index in [1.165, 1.54) is 0 Å². The number of methoxy groups -OCH3 is 2. The van der Waals surface area contributed by atoms with Gasteiger partial charge in [0, 0.05) is 14.2 Å². The summed E-state index contributed by atoms with van der Waals surface area (Å²) >= 11 is 6.31. The Kier molecular flexibility index (Phi) is 8.14. The van der Waals surface area contributed by atoms with Gasteiger partial charge in [0.05, 0.1) is 42.2 Å². The molecule has 0 spiro atoms. The highest BCUT2D eigenvalue weighted by Gasteiger charge is 2.20. The monoisotopic (exact) mass is 303 g/mol. The Bertz CT molecular complexity index is 384. The first-order valence-electron chi connectivity index (χ1n) is 7.10. The van der Waals surface area contributed by atoms with Crippen molar-refractivity contribution in [1.82, 2.24) is 15.1 Å². The first-order chi connectivity index (χ1) is 9.63. The van der Waals surface area contributed by atoms with E-state index in [0.717, 1.165) is 25.1 Å². The average molecular weight is 304 g/mol. The molecule has 5 nitrogen and oxygen atoms in total. The minimum absolute atomic E-state index is 0.185. The van der Waals surface area contributed by atoms with Crippen LogP contribution in [0.15, 0.2) is 6.20 Å². The standard InChI is InChI=1S/C14H26ClN3O2/c1-5-16-13(7-6-11(2)20-4)14-12(15)10-17-18(14)8-9-19-3/h10-11,13,16H,5-9H2,1-4H3. The SMILES string of the molecule is CCNC(CCC(C)OC)c1c(Cl)cnn1CCOC. The summed E-state index contributed by atoms with van der Waals surface area (Å²) in [6, 6.07) is 0.185. The maximum absolute atomic E-state index is 6.31. The van der Waals surface area contributed by atoms with E-state index in [2.05, 4.69) is 24.3 Å². The molecule has 0 saturated heterocycles. The number of halogens is 1. The fraction of sp³-hybridized carbons (Fsp3) is 0.786. The Morgan fingerprint density at radius 1 is 1.40 bits per heavy atom. The Labute approximate surface area is 126 Å². The Hall–Kier alpha value is -0.620. The molecule has 0 aliphatic heterocycles. The molecule has 116 valence electrons. The van der Waals surface area contributed by atoms with Crippen LogP contribution in [-0.2, 0) is 16.0 Å². The van der Waals surface area contributed by atoms with Gasteiger partial charge >= 0.3 is 0 Å². The summed E-state index contributed by atoms with van der Waals surface area (Å²) < 4.78 is 12.4. The number of nitrogens with zero attached hydrogens (tertiary/aromatic N) is 2. The van der Waals surface area contributed by atoms with Crippen LogP contribution in [0.1, 0.15) is 38.4 Å². The van der Waals surface area contributed by atoms with Crippen molar-refractivity contribution in [3.8, 4) is 0 Å². The van der Waals surface area contributed by atoms with Gasteiger partial charge < -0.3 is 14.8 Å². The number of ether oxygens (including phenoxy) is 2. The topological polar surface area (TPSA) is 48.3 Å². The molecule has 0 bridgehead atoms. The van der Waals surface area contributed by atoms with E-state index in [1.54, 1.807) is 20.4 Å². The zero-order chi connectivity index (χ0) is 15.0. The molecule has 20 heavy (non-hydrogen) atoms. The number of rotatable bonds is 10. The first kappa shape index (κ1) is 17.4. The fourth-order valence-corrected chi connectivity index (χ4v) is 2.45. The normalized spacial score (nSPS) is 14.4. The zero-order valence-corrected chi connectivity index (χ0v) is 13.6. The number of hydrogen-bond donors (Lipinski definition) is 1. The van der Waals surface area contributed by atoms with Gasteiger partial charge in [-0.3, -0.25) is 4.68 Å². The second-order valence-electron chi connectivity index (χ2n) is 4.83. The predicted octanol–water partition coefficient (Wildman–Crippen LogP) is 2.65. The summed E-state index contributed by atoms with van der Waals surface area (Å²) in [5, 5.41) is 8.52. The molecule has 0 aliphatic rings. The van der Waals surface area contributed by atoms with Crippen LogP contribution in [-0.4, -0.2) is 43.3 Å². The first-order valence-corrected chi connectivity index (χ1v) is 7.48. The maximum Gasteiger partial charge on any atom is 0.0834 e. The molecule has 0 radical (unpaired) electrons. The van der Waals surface area contributed by atoms with Crippen molar-refractivity contribution >= 4 is 11.6 Å². The Morgan fingerprint density at radius 3 is 2.75 bits per heavy atom. The van der Waals surface area contributed by atoms with Gasteiger partial charge in [0.25, 0.3) is 0 Å². The largest absolute Gasteiger partial charge is 0.383 e. The van der Waals surface area contributed by atoms with E-state index in [9.17, 15) is 0 Å². The van der Waals surface area contributed by atoms with Crippen LogP contribution in [0, 0.1) is 0 Å². The molecule has 0 aliphatic carbocycles. The molecule has 1 N–H and O–H groups in total. The smallest absolute Gasteiger partial charge is 0.0834 e.